The van der Waals surface area contributed by atoms with E-state index < -0.39 is 0 Å². The van der Waals surface area contributed by atoms with Gasteiger partial charge in [0.05, 0.1) is 0 Å². The summed E-state index contributed by atoms with van der Waals surface area (Å²) in [6.45, 7) is 0. The summed E-state index contributed by atoms with van der Waals surface area (Å²) in [5.41, 5.74) is 1.89. The van der Waals surface area contributed by atoms with Crippen LogP contribution < -0.4 is 0 Å². The summed E-state index contributed by atoms with van der Waals surface area (Å²) >= 11 is 3.44. The Bertz CT molecular complexity index is 567. The topological polar surface area (TPSA) is 32.9 Å². The number of nitrogens with one attached hydrogen (secondary N) is 1. The van der Waals surface area contributed by atoms with Crippen molar-refractivity contribution in [2.45, 2.75) is 25.7 Å². The van der Waals surface area contributed by atoms with Crippen molar-refractivity contribution < 1.29 is 4.79 Å². The molecule has 0 unspecified atom stereocenters. The Labute approximate surface area is 109 Å². The number of carbonyl (C=O) groups excluding carboxylic acids is 1. The SMILES string of the molecule is O=C(c1c[nH]c2cc(Br)ccc12)C1CCCC1. The van der Waals surface area contributed by atoms with Gasteiger partial charge in [0.25, 0.3) is 0 Å². The van der Waals surface area contributed by atoms with Gasteiger partial charge in [0.15, 0.2) is 5.78 Å². The molecule has 3 rings (SSSR count). The number of aromatic nitrogens is 1. The van der Waals surface area contributed by atoms with Gasteiger partial charge in [-0.15, -0.1) is 0 Å². The number of fused-ring (bicyclic) bond motifs is 1. The van der Waals surface area contributed by atoms with Crippen LogP contribution in [0, 0.1) is 5.92 Å². The quantitative estimate of drug-likeness (QED) is 0.822. The lowest BCUT2D eigenvalue weighted by Gasteiger charge is -2.06. The summed E-state index contributed by atoms with van der Waals surface area (Å²) in [7, 11) is 0. The third-order valence-corrected chi connectivity index (χ3v) is 4.13. The van der Waals surface area contributed by atoms with E-state index in [1.54, 1.807) is 0 Å². The van der Waals surface area contributed by atoms with Gasteiger partial charge in [0, 0.05) is 33.1 Å². The minimum absolute atomic E-state index is 0.248. The van der Waals surface area contributed by atoms with Crippen LogP contribution in [-0.2, 0) is 0 Å². The molecular weight excluding hydrogens is 278 g/mol. The molecule has 2 aromatic rings. The molecule has 2 nitrogen and oxygen atoms in total. The van der Waals surface area contributed by atoms with Crippen LogP contribution in [0.3, 0.4) is 0 Å². The highest BCUT2D eigenvalue weighted by Gasteiger charge is 2.25. The largest absolute Gasteiger partial charge is 0.360 e. The highest BCUT2D eigenvalue weighted by Crippen LogP contribution is 2.31. The maximum atomic E-state index is 12.4. The van der Waals surface area contributed by atoms with Crippen LogP contribution in [0.1, 0.15) is 36.0 Å². The van der Waals surface area contributed by atoms with Gasteiger partial charge in [-0.2, -0.15) is 0 Å². The van der Waals surface area contributed by atoms with E-state index in [2.05, 4.69) is 20.9 Å². The number of H-pyrrole nitrogens is 1. The summed E-state index contributed by atoms with van der Waals surface area (Å²) in [5.74, 6) is 0.564. The maximum absolute atomic E-state index is 12.4. The second-order valence-corrected chi connectivity index (χ2v) is 5.65. The van der Waals surface area contributed by atoms with Crippen molar-refractivity contribution in [2.24, 2.45) is 5.92 Å². The van der Waals surface area contributed by atoms with E-state index in [0.717, 1.165) is 33.8 Å². The smallest absolute Gasteiger partial charge is 0.168 e. The lowest BCUT2D eigenvalue weighted by molar-refractivity contribution is 0.0924. The molecule has 0 radical (unpaired) electrons. The molecule has 3 heteroatoms. The Balaban J connectivity index is 2.02. The highest BCUT2D eigenvalue weighted by atomic mass is 79.9. The molecule has 1 aliphatic carbocycles. The first-order chi connectivity index (χ1) is 8.25. The van der Waals surface area contributed by atoms with Gasteiger partial charge in [-0.05, 0) is 25.0 Å². The van der Waals surface area contributed by atoms with Crippen LogP contribution in [0.25, 0.3) is 10.9 Å². The summed E-state index contributed by atoms with van der Waals surface area (Å²) in [4.78, 5) is 15.6. The van der Waals surface area contributed by atoms with Crippen LogP contribution in [0.2, 0.25) is 0 Å². The zero-order chi connectivity index (χ0) is 11.8. The zero-order valence-electron chi connectivity index (χ0n) is 9.50. The fraction of sp³-hybridized carbons (Fsp3) is 0.357. The van der Waals surface area contributed by atoms with Crippen LogP contribution in [-0.4, -0.2) is 10.8 Å². The average Bonchev–Trinajstić information content (AvgIpc) is 2.96. The molecule has 1 aromatic carbocycles. The molecule has 0 amide bonds. The second kappa shape index (κ2) is 4.30. The van der Waals surface area contributed by atoms with Crippen molar-refractivity contribution in [3.8, 4) is 0 Å². The van der Waals surface area contributed by atoms with Gasteiger partial charge < -0.3 is 4.98 Å². The Morgan fingerprint density at radius 2 is 2.06 bits per heavy atom. The van der Waals surface area contributed by atoms with Gasteiger partial charge in [-0.25, -0.2) is 0 Å². The molecule has 0 aliphatic heterocycles. The lowest BCUT2D eigenvalue weighted by atomic mass is 9.96. The Kier molecular flexibility index (Phi) is 2.79. The van der Waals surface area contributed by atoms with Gasteiger partial charge in [-0.1, -0.05) is 34.8 Å². The molecule has 17 heavy (non-hydrogen) atoms. The summed E-state index contributed by atoms with van der Waals surface area (Å²) in [6, 6.07) is 6.01. The van der Waals surface area contributed by atoms with E-state index in [-0.39, 0.29) is 5.92 Å². The highest BCUT2D eigenvalue weighted by molar-refractivity contribution is 9.10. The van der Waals surface area contributed by atoms with Crippen LogP contribution in [0.4, 0.5) is 0 Å². The zero-order valence-corrected chi connectivity index (χ0v) is 11.1. The minimum atomic E-state index is 0.248. The van der Waals surface area contributed by atoms with E-state index in [1.165, 1.54) is 12.8 Å². The standard InChI is InChI=1S/C14H14BrNO/c15-10-5-6-11-12(8-16-13(11)7-10)14(17)9-3-1-2-4-9/h5-9,16H,1-4H2. The Hall–Kier alpha value is -1.09. The number of aromatic amines is 1. The van der Waals surface area contributed by atoms with Crippen LogP contribution in [0.15, 0.2) is 28.9 Å². The number of carbonyl (C=O) groups is 1. The van der Waals surface area contributed by atoms with Crippen molar-refractivity contribution in [3.63, 3.8) is 0 Å². The van der Waals surface area contributed by atoms with E-state index in [4.69, 9.17) is 0 Å². The normalized spacial score (nSPS) is 16.8. The molecule has 1 heterocycles. The molecule has 0 atom stereocenters. The first-order valence-electron chi connectivity index (χ1n) is 6.06. The number of halogens is 1. The first-order valence-corrected chi connectivity index (χ1v) is 6.86. The number of hydrogen-bond acceptors (Lipinski definition) is 1. The number of rotatable bonds is 2. The van der Waals surface area contributed by atoms with Crippen molar-refractivity contribution in [1.82, 2.24) is 4.98 Å². The molecule has 1 saturated carbocycles. The molecule has 1 aliphatic rings. The Morgan fingerprint density at radius 3 is 2.82 bits per heavy atom. The number of hydrogen-bond donors (Lipinski definition) is 1. The van der Waals surface area contributed by atoms with E-state index >= 15 is 0 Å². The second-order valence-electron chi connectivity index (χ2n) is 4.74. The monoisotopic (exact) mass is 291 g/mol. The fourth-order valence-electron chi connectivity index (χ4n) is 2.71. The third kappa shape index (κ3) is 1.93. The molecule has 1 fully saturated rings. The predicted molar refractivity (Wildman–Crippen MR) is 72.3 cm³/mol. The van der Waals surface area contributed by atoms with Gasteiger partial charge in [-0.3, -0.25) is 4.79 Å². The minimum Gasteiger partial charge on any atom is -0.360 e. The molecule has 0 bridgehead atoms. The summed E-state index contributed by atoms with van der Waals surface area (Å²) < 4.78 is 1.03. The number of ketones is 1. The molecule has 0 spiro atoms. The van der Waals surface area contributed by atoms with Gasteiger partial charge in [0.2, 0.25) is 0 Å². The lowest BCUT2D eigenvalue weighted by Crippen LogP contribution is -2.10. The average molecular weight is 292 g/mol. The Morgan fingerprint density at radius 1 is 1.29 bits per heavy atom. The third-order valence-electron chi connectivity index (χ3n) is 3.64. The summed E-state index contributed by atoms with van der Waals surface area (Å²) in [6.07, 6.45) is 6.37. The predicted octanol–water partition coefficient (Wildman–Crippen LogP) is 4.30. The molecular formula is C14H14BrNO. The van der Waals surface area contributed by atoms with Crippen molar-refractivity contribution in [2.75, 3.05) is 0 Å². The first kappa shape index (κ1) is 11.0. The van der Waals surface area contributed by atoms with E-state index in [9.17, 15) is 4.79 Å². The fourth-order valence-corrected chi connectivity index (χ4v) is 3.07. The molecule has 0 saturated heterocycles. The summed E-state index contributed by atoms with van der Waals surface area (Å²) in [5, 5.41) is 1.05. The van der Waals surface area contributed by atoms with Gasteiger partial charge in [0.1, 0.15) is 0 Å². The van der Waals surface area contributed by atoms with Crippen LogP contribution in [0.5, 0.6) is 0 Å². The molecule has 1 aromatic heterocycles. The van der Waals surface area contributed by atoms with E-state index in [1.807, 2.05) is 24.4 Å². The number of Topliss-reactive ketones (excluding diaryl/α,β-unsaturated/α-hetero) is 1. The molecule has 1 N–H and O–H groups in total. The van der Waals surface area contributed by atoms with Crippen molar-refractivity contribution in [3.05, 3.63) is 34.4 Å². The van der Waals surface area contributed by atoms with Crippen molar-refractivity contribution >= 4 is 32.6 Å². The molecule has 88 valence electrons. The maximum Gasteiger partial charge on any atom is 0.168 e. The number of benzene rings is 1. The van der Waals surface area contributed by atoms with Crippen molar-refractivity contribution in [1.29, 1.82) is 0 Å². The van der Waals surface area contributed by atoms with Gasteiger partial charge >= 0.3 is 0 Å². The van der Waals surface area contributed by atoms with E-state index in [0.29, 0.717) is 5.78 Å². The van der Waals surface area contributed by atoms with Crippen LogP contribution >= 0.6 is 15.9 Å².